The molecular formula is C34H37N7OS. The summed E-state index contributed by atoms with van der Waals surface area (Å²) < 4.78 is 0. The maximum Gasteiger partial charge on any atom is 0.227 e. The van der Waals surface area contributed by atoms with Gasteiger partial charge in [0.05, 0.1) is 48.5 Å². The summed E-state index contributed by atoms with van der Waals surface area (Å²) in [5.41, 5.74) is 13.8. The van der Waals surface area contributed by atoms with Crippen LogP contribution >= 0.6 is 11.3 Å². The fraction of sp³-hybridized carbons (Fsp3) is 0.324. The quantitative estimate of drug-likeness (QED) is 0.190. The summed E-state index contributed by atoms with van der Waals surface area (Å²) in [6, 6.07) is 19.4. The van der Waals surface area contributed by atoms with E-state index in [1.54, 1.807) is 11.3 Å². The van der Waals surface area contributed by atoms with Crippen molar-refractivity contribution in [3.05, 3.63) is 95.0 Å². The molecule has 3 aromatic heterocycles. The molecule has 5 heterocycles. The maximum absolute atomic E-state index is 13.0. The SMILES string of the molecule is CC(N)N1CCCC1c1ncc(-c2ccc(-c3ccc(-c4cnc([C@@H]5CCCN5C(=O)Cc5ccsc5)[nH]4)cc3)cc2)[nH]1. The lowest BCUT2D eigenvalue weighted by Gasteiger charge is -2.26. The highest BCUT2D eigenvalue weighted by atomic mass is 32.1. The Morgan fingerprint density at radius 2 is 1.42 bits per heavy atom. The molecule has 1 amide bonds. The van der Waals surface area contributed by atoms with E-state index in [2.05, 4.69) is 68.8 Å². The van der Waals surface area contributed by atoms with Crippen LogP contribution in [-0.2, 0) is 11.2 Å². The average Bonchev–Trinajstić information content (AvgIpc) is 3.86. The van der Waals surface area contributed by atoms with Gasteiger partial charge in [0.25, 0.3) is 0 Å². The Morgan fingerprint density at radius 1 is 0.860 bits per heavy atom. The number of benzene rings is 2. The van der Waals surface area contributed by atoms with Gasteiger partial charge in [0.2, 0.25) is 5.91 Å². The van der Waals surface area contributed by atoms with Gasteiger partial charge in [0.1, 0.15) is 11.6 Å². The maximum atomic E-state index is 13.0. The molecule has 2 saturated heterocycles. The highest BCUT2D eigenvalue weighted by Crippen LogP contribution is 2.34. The Labute approximate surface area is 256 Å². The van der Waals surface area contributed by atoms with E-state index in [9.17, 15) is 4.79 Å². The first-order valence-corrected chi connectivity index (χ1v) is 16.1. The van der Waals surface area contributed by atoms with Crippen molar-refractivity contribution in [2.45, 2.75) is 57.3 Å². The zero-order chi connectivity index (χ0) is 29.3. The van der Waals surface area contributed by atoms with Gasteiger partial charge in [-0.25, -0.2) is 9.97 Å². The van der Waals surface area contributed by atoms with Crippen molar-refractivity contribution >= 4 is 17.2 Å². The lowest BCUT2D eigenvalue weighted by molar-refractivity contribution is -0.131. The van der Waals surface area contributed by atoms with Gasteiger partial charge >= 0.3 is 0 Å². The smallest absolute Gasteiger partial charge is 0.227 e. The number of carbonyl (C=O) groups is 1. The number of hydrogen-bond donors (Lipinski definition) is 3. The predicted octanol–water partition coefficient (Wildman–Crippen LogP) is 6.54. The number of hydrogen-bond acceptors (Lipinski definition) is 6. The molecule has 2 aliphatic rings. The summed E-state index contributed by atoms with van der Waals surface area (Å²) in [4.78, 5) is 33.8. The zero-order valence-electron chi connectivity index (χ0n) is 24.4. The Bertz CT molecular complexity index is 1670. The van der Waals surface area contributed by atoms with Crippen LogP contribution in [0.25, 0.3) is 33.6 Å². The molecule has 43 heavy (non-hydrogen) atoms. The fourth-order valence-corrected chi connectivity index (χ4v) is 7.25. The summed E-state index contributed by atoms with van der Waals surface area (Å²) >= 11 is 1.63. The van der Waals surface area contributed by atoms with E-state index in [0.29, 0.717) is 6.42 Å². The molecule has 0 radical (unpaired) electrons. The number of amides is 1. The second-order valence-electron chi connectivity index (χ2n) is 11.7. The highest BCUT2D eigenvalue weighted by molar-refractivity contribution is 7.08. The van der Waals surface area contributed by atoms with Crippen molar-refractivity contribution in [2.24, 2.45) is 5.73 Å². The van der Waals surface area contributed by atoms with Crippen LogP contribution in [0.15, 0.2) is 77.8 Å². The second kappa shape index (κ2) is 11.9. The van der Waals surface area contributed by atoms with Gasteiger partial charge in [-0.1, -0.05) is 48.5 Å². The summed E-state index contributed by atoms with van der Waals surface area (Å²) in [6.07, 6.45) is 8.45. The first-order valence-electron chi connectivity index (χ1n) is 15.2. The lowest BCUT2D eigenvalue weighted by atomic mass is 10.0. The Morgan fingerprint density at radius 3 is 2.00 bits per heavy atom. The van der Waals surface area contributed by atoms with E-state index in [0.717, 1.165) is 89.6 Å². The summed E-state index contributed by atoms with van der Waals surface area (Å²) in [7, 11) is 0. The van der Waals surface area contributed by atoms with E-state index in [1.165, 1.54) is 0 Å². The van der Waals surface area contributed by atoms with E-state index < -0.39 is 0 Å². The first kappa shape index (κ1) is 27.8. The fourth-order valence-electron chi connectivity index (χ4n) is 6.58. The van der Waals surface area contributed by atoms with Crippen LogP contribution in [0, 0.1) is 0 Å². The third-order valence-electron chi connectivity index (χ3n) is 8.87. The van der Waals surface area contributed by atoms with Crippen LogP contribution < -0.4 is 5.73 Å². The number of aromatic amines is 2. The Kier molecular flexibility index (Phi) is 7.69. The first-order chi connectivity index (χ1) is 21.0. The molecule has 8 nitrogen and oxygen atoms in total. The molecule has 0 aliphatic carbocycles. The number of H-pyrrole nitrogens is 2. The summed E-state index contributed by atoms with van der Waals surface area (Å²) in [5.74, 6) is 2.03. The molecule has 4 N–H and O–H groups in total. The largest absolute Gasteiger partial charge is 0.341 e. The number of nitrogens with zero attached hydrogens (tertiary/aromatic N) is 4. The van der Waals surface area contributed by atoms with Gasteiger partial charge in [-0.15, -0.1) is 0 Å². The van der Waals surface area contributed by atoms with Crippen molar-refractivity contribution in [1.29, 1.82) is 0 Å². The van der Waals surface area contributed by atoms with Gasteiger partial charge in [-0.2, -0.15) is 11.3 Å². The standard InChI is InChI=1S/C34H37N7OS/c1-22(35)40-15-2-4-30(40)33-36-19-28(38-33)26-10-6-24(7-11-26)25-8-12-27(13-9-25)29-20-37-34(39-29)31-5-3-16-41(31)32(42)18-23-14-17-43-21-23/h6-14,17,19-22,30-31H,2-5,15-16,18,35H2,1H3,(H,36,38)(H,37,39)/t22?,30?,31-/m0/s1. The number of imidazole rings is 2. The Balaban J connectivity index is 1.02. The molecule has 2 aliphatic heterocycles. The Hall–Kier alpha value is -4.05. The highest BCUT2D eigenvalue weighted by Gasteiger charge is 2.32. The van der Waals surface area contributed by atoms with Crippen molar-refractivity contribution in [3.8, 4) is 33.6 Å². The molecule has 7 rings (SSSR count). The minimum atomic E-state index is 0.00458. The van der Waals surface area contributed by atoms with Crippen LogP contribution in [0.2, 0.25) is 0 Å². The van der Waals surface area contributed by atoms with Crippen LogP contribution in [-0.4, -0.2) is 54.9 Å². The van der Waals surface area contributed by atoms with E-state index in [1.807, 2.05) is 35.7 Å². The van der Waals surface area contributed by atoms with Crippen molar-refractivity contribution in [1.82, 2.24) is 29.7 Å². The molecule has 0 saturated carbocycles. The molecule has 2 fully saturated rings. The number of rotatable bonds is 8. The van der Waals surface area contributed by atoms with Gasteiger partial charge in [-0.05, 0) is 77.3 Å². The third kappa shape index (κ3) is 5.68. The number of carbonyl (C=O) groups excluding carboxylic acids is 1. The zero-order valence-corrected chi connectivity index (χ0v) is 25.2. The number of nitrogens with one attached hydrogen (secondary N) is 2. The van der Waals surface area contributed by atoms with E-state index >= 15 is 0 Å². The summed E-state index contributed by atoms with van der Waals surface area (Å²) in [6.45, 7) is 3.84. The minimum Gasteiger partial charge on any atom is -0.341 e. The molecule has 5 aromatic rings. The monoisotopic (exact) mass is 591 g/mol. The van der Waals surface area contributed by atoms with Gasteiger partial charge in [0, 0.05) is 13.1 Å². The van der Waals surface area contributed by atoms with Gasteiger partial charge in [-0.3, -0.25) is 9.69 Å². The van der Waals surface area contributed by atoms with E-state index in [-0.39, 0.29) is 24.2 Å². The van der Waals surface area contributed by atoms with Gasteiger partial charge in [0.15, 0.2) is 0 Å². The third-order valence-corrected chi connectivity index (χ3v) is 9.61. The van der Waals surface area contributed by atoms with Crippen LogP contribution in [0.3, 0.4) is 0 Å². The molecule has 2 unspecified atom stereocenters. The van der Waals surface area contributed by atoms with E-state index in [4.69, 9.17) is 15.7 Å². The van der Waals surface area contributed by atoms with Crippen LogP contribution in [0.5, 0.6) is 0 Å². The molecule has 2 aromatic carbocycles. The topological polar surface area (TPSA) is 107 Å². The van der Waals surface area contributed by atoms with Crippen molar-refractivity contribution in [2.75, 3.05) is 13.1 Å². The van der Waals surface area contributed by atoms with Crippen LogP contribution in [0.4, 0.5) is 0 Å². The number of aromatic nitrogens is 4. The summed E-state index contributed by atoms with van der Waals surface area (Å²) in [5, 5.41) is 4.07. The second-order valence-corrected chi connectivity index (χ2v) is 12.5. The average molecular weight is 592 g/mol. The lowest BCUT2D eigenvalue weighted by Crippen LogP contribution is -2.39. The normalized spacial score (nSPS) is 19.7. The number of nitrogens with two attached hydrogens (primary N) is 1. The molecule has 9 heteroatoms. The van der Waals surface area contributed by atoms with Gasteiger partial charge < -0.3 is 20.6 Å². The molecule has 0 bridgehead atoms. The molecule has 220 valence electrons. The molecule has 3 atom stereocenters. The molecular weight excluding hydrogens is 554 g/mol. The van der Waals surface area contributed by atoms with Crippen molar-refractivity contribution in [3.63, 3.8) is 0 Å². The van der Waals surface area contributed by atoms with Crippen molar-refractivity contribution < 1.29 is 4.79 Å². The van der Waals surface area contributed by atoms with Crippen LogP contribution in [0.1, 0.15) is 61.9 Å². The predicted molar refractivity (Wildman–Crippen MR) is 171 cm³/mol. The minimum absolute atomic E-state index is 0.00458. The number of thiophene rings is 1. The molecule has 0 spiro atoms. The number of likely N-dealkylation sites (tertiary alicyclic amines) is 2.